The van der Waals surface area contributed by atoms with Crippen LogP contribution in [0.4, 0.5) is 10.1 Å². The maximum atomic E-state index is 14.1. The lowest BCUT2D eigenvalue weighted by Gasteiger charge is -2.36. The second-order valence-corrected chi connectivity index (χ2v) is 7.25. The van der Waals surface area contributed by atoms with E-state index in [1.807, 2.05) is 17.9 Å². The Hall–Kier alpha value is -1.62. The van der Waals surface area contributed by atoms with Crippen LogP contribution in [0.5, 0.6) is 0 Å². The molecule has 2 fully saturated rings. The SMILES string of the molecule is Cc1ccc(F)c(N2CCC[C@H](NC(=O)C3CCC(O)CC3)C2)c1. The van der Waals surface area contributed by atoms with Gasteiger partial charge >= 0.3 is 0 Å². The van der Waals surface area contributed by atoms with E-state index in [4.69, 9.17) is 0 Å². The number of carbonyl (C=O) groups is 1. The summed E-state index contributed by atoms with van der Waals surface area (Å²) >= 11 is 0. The highest BCUT2D eigenvalue weighted by Crippen LogP contribution is 2.26. The highest BCUT2D eigenvalue weighted by Gasteiger charge is 2.29. The van der Waals surface area contributed by atoms with E-state index in [9.17, 15) is 14.3 Å². The molecule has 2 N–H and O–H groups in total. The second kappa shape index (κ2) is 7.51. The van der Waals surface area contributed by atoms with Gasteiger partial charge in [-0.3, -0.25) is 4.79 Å². The molecule has 1 saturated heterocycles. The summed E-state index contributed by atoms with van der Waals surface area (Å²) in [5.74, 6) is -0.0909. The average molecular weight is 334 g/mol. The molecule has 1 aromatic carbocycles. The molecule has 132 valence electrons. The van der Waals surface area contributed by atoms with Crippen molar-refractivity contribution in [3.8, 4) is 0 Å². The fourth-order valence-electron chi connectivity index (χ4n) is 3.84. The summed E-state index contributed by atoms with van der Waals surface area (Å²) in [6, 6.07) is 5.24. The molecule has 1 amide bonds. The van der Waals surface area contributed by atoms with Gasteiger partial charge in [0.2, 0.25) is 5.91 Å². The first-order valence-electron chi connectivity index (χ1n) is 9.02. The smallest absolute Gasteiger partial charge is 0.223 e. The summed E-state index contributed by atoms with van der Waals surface area (Å²) in [5.41, 5.74) is 1.67. The van der Waals surface area contributed by atoms with Gasteiger partial charge in [0.1, 0.15) is 5.82 Å². The normalized spacial score (nSPS) is 27.8. The van der Waals surface area contributed by atoms with E-state index in [1.54, 1.807) is 6.07 Å². The van der Waals surface area contributed by atoms with Gasteiger partial charge in [-0.15, -0.1) is 0 Å². The van der Waals surface area contributed by atoms with Gasteiger partial charge in [-0.2, -0.15) is 0 Å². The topological polar surface area (TPSA) is 52.6 Å². The zero-order chi connectivity index (χ0) is 17.1. The number of anilines is 1. The van der Waals surface area contributed by atoms with Crippen molar-refractivity contribution in [2.75, 3.05) is 18.0 Å². The molecule has 24 heavy (non-hydrogen) atoms. The second-order valence-electron chi connectivity index (χ2n) is 7.25. The Labute approximate surface area is 143 Å². The highest BCUT2D eigenvalue weighted by atomic mass is 19.1. The Morgan fingerprint density at radius 1 is 1.25 bits per heavy atom. The predicted molar refractivity (Wildman–Crippen MR) is 92.5 cm³/mol. The Morgan fingerprint density at radius 2 is 2.00 bits per heavy atom. The fourth-order valence-corrected chi connectivity index (χ4v) is 3.84. The van der Waals surface area contributed by atoms with Crippen LogP contribution in [0.2, 0.25) is 0 Å². The molecule has 0 unspecified atom stereocenters. The van der Waals surface area contributed by atoms with Crippen molar-refractivity contribution in [2.24, 2.45) is 5.92 Å². The minimum atomic E-state index is -0.247. The van der Waals surface area contributed by atoms with Gasteiger partial charge in [0.15, 0.2) is 0 Å². The molecule has 0 spiro atoms. The predicted octanol–water partition coefficient (Wildman–Crippen LogP) is 2.77. The first-order valence-corrected chi connectivity index (χ1v) is 9.02. The number of aliphatic hydroxyl groups is 1. The molecule has 0 bridgehead atoms. The minimum absolute atomic E-state index is 0.0134. The molecule has 2 aliphatic rings. The summed E-state index contributed by atoms with van der Waals surface area (Å²) < 4.78 is 14.1. The van der Waals surface area contributed by atoms with Crippen LogP contribution in [-0.2, 0) is 4.79 Å². The lowest BCUT2D eigenvalue weighted by molar-refractivity contribution is -0.127. The molecule has 1 aliphatic carbocycles. The quantitative estimate of drug-likeness (QED) is 0.894. The molecule has 0 aromatic heterocycles. The number of piperidine rings is 1. The number of benzene rings is 1. The van der Waals surface area contributed by atoms with Crippen molar-refractivity contribution < 1.29 is 14.3 Å². The number of aliphatic hydroxyl groups excluding tert-OH is 1. The van der Waals surface area contributed by atoms with Crippen molar-refractivity contribution >= 4 is 11.6 Å². The van der Waals surface area contributed by atoms with Crippen LogP contribution >= 0.6 is 0 Å². The standard InChI is InChI=1S/C19H27FN2O2/c1-13-4-9-17(20)18(11-13)22-10-2-3-15(12-22)21-19(24)14-5-7-16(23)8-6-14/h4,9,11,14-16,23H,2-3,5-8,10,12H2,1H3,(H,21,24)/t14?,15-,16?/m0/s1. The molecule has 3 rings (SSSR count). The van der Waals surface area contributed by atoms with Crippen LogP contribution in [0.1, 0.15) is 44.1 Å². The van der Waals surface area contributed by atoms with Crippen molar-refractivity contribution in [1.29, 1.82) is 0 Å². The van der Waals surface area contributed by atoms with Gasteiger partial charge in [-0.05, 0) is 63.1 Å². The summed E-state index contributed by atoms with van der Waals surface area (Å²) in [6.45, 7) is 3.44. The minimum Gasteiger partial charge on any atom is -0.393 e. The van der Waals surface area contributed by atoms with Gasteiger partial charge in [-0.25, -0.2) is 4.39 Å². The van der Waals surface area contributed by atoms with Crippen molar-refractivity contribution in [3.05, 3.63) is 29.6 Å². The number of aryl methyl sites for hydroxylation is 1. The first kappa shape index (κ1) is 17.2. The maximum Gasteiger partial charge on any atom is 0.223 e. The highest BCUT2D eigenvalue weighted by molar-refractivity contribution is 5.79. The van der Waals surface area contributed by atoms with Gasteiger partial charge in [0.05, 0.1) is 11.8 Å². The van der Waals surface area contributed by atoms with Crippen molar-refractivity contribution in [1.82, 2.24) is 5.32 Å². The molecule has 1 aliphatic heterocycles. The molecular formula is C19H27FN2O2. The molecule has 0 radical (unpaired) electrons. The summed E-state index contributed by atoms with van der Waals surface area (Å²) in [7, 11) is 0. The summed E-state index contributed by atoms with van der Waals surface area (Å²) in [5, 5.41) is 12.7. The van der Waals surface area contributed by atoms with Gasteiger partial charge < -0.3 is 15.3 Å². The van der Waals surface area contributed by atoms with E-state index in [-0.39, 0.29) is 29.8 Å². The number of carbonyl (C=O) groups excluding carboxylic acids is 1. The molecule has 5 heteroatoms. The molecule has 1 heterocycles. The molecular weight excluding hydrogens is 307 g/mol. The van der Waals surface area contributed by atoms with Gasteiger partial charge in [0, 0.05) is 25.0 Å². The fraction of sp³-hybridized carbons (Fsp3) is 0.632. The number of nitrogens with zero attached hydrogens (tertiary/aromatic N) is 1. The van der Waals surface area contributed by atoms with E-state index >= 15 is 0 Å². The number of hydrogen-bond acceptors (Lipinski definition) is 3. The third kappa shape index (κ3) is 4.07. The van der Waals surface area contributed by atoms with Crippen LogP contribution in [0.3, 0.4) is 0 Å². The Bertz CT molecular complexity index is 585. The van der Waals surface area contributed by atoms with Crippen LogP contribution in [0.15, 0.2) is 18.2 Å². The number of rotatable bonds is 3. The number of amides is 1. The van der Waals surface area contributed by atoms with Crippen LogP contribution < -0.4 is 10.2 Å². The Morgan fingerprint density at radius 3 is 2.75 bits per heavy atom. The summed E-state index contributed by atoms with van der Waals surface area (Å²) in [4.78, 5) is 14.5. The zero-order valence-electron chi connectivity index (χ0n) is 14.3. The van der Waals surface area contributed by atoms with Crippen LogP contribution in [0.25, 0.3) is 0 Å². The van der Waals surface area contributed by atoms with E-state index in [0.717, 1.165) is 37.8 Å². The van der Waals surface area contributed by atoms with Gasteiger partial charge in [-0.1, -0.05) is 6.07 Å². The third-order valence-electron chi connectivity index (χ3n) is 5.28. The third-order valence-corrected chi connectivity index (χ3v) is 5.28. The van der Waals surface area contributed by atoms with Crippen LogP contribution in [0, 0.1) is 18.7 Å². The van der Waals surface area contributed by atoms with Crippen molar-refractivity contribution in [3.63, 3.8) is 0 Å². The average Bonchev–Trinajstić information content (AvgIpc) is 2.58. The Balaban J connectivity index is 1.59. The summed E-state index contributed by atoms with van der Waals surface area (Å²) in [6.07, 6.45) is 4.58. The monoisotopic (exact) mass is 334 g/mol. The Kier molecular flexibility index (Phi) is 5.39. The zero-order valence-corrected chi connectivity index (χ0v) is 14.3. The van der Waals surface area contributed by atoms with E-state index in [1.165, 1.54) is 6.07 Å². The number of nitrogens with one attached hydrogen (secondary N) is 1. The van der Waals surface area contributed by atoms with Gasteiger partial charge in [0.25, 0.3) is 0 Å². The molecule has 1 aromatic rings. The molecule has 1 saturated carbocycles. The van der Waals surface area contributed by atoms with Crippen molar-refractivity contribution in [2.45, 2.75) is 57.6 Å². The maximum absolute atomic E-state index is 14.1. The lowest BCUT2D eigenvalue weighted by Crippen LogP contribution is -2.49. The first-order chi connectivity index (χ1) is 11.5. The number of hydrogen-bond donors (Lipinski definition) is 2. The van der Waals surface area contributed by atoms with E-state index in [0.29, 0.717) is 25.1 Å². The molecule has 1 atom stereocenters. The van der Waals surface area contributed by atoms with E-state index < -0.39 is 0 Å². The largest absolute Gasteiger partial charge is 0.393 e. The molecule has 4 nitrogen and oxygen atoms in total. The van der Waals surface area contributed by atoms with Crippen LogP contribution in [-0.4, -0.2) is 36.2 Å². The van der Waals surface area contributed by atoms with E-state index in [2.05, 4.69) is 5.32 Å². The lowest BCUT2D eigenvalue weighted by atomic mass is 9.86. The number of halogens is 1.